The fraction of sp³-hybridized carbons (Fsp3) is 0.316. The fourth-order valence-electron chi connectivity index (χ4n) is 2.81. The highest BCUT2D eigenvalue weighted by Gasteiger charge is 2.26. The lowest BCUT2D eigenvalue weighted by molar-refractivity contribution is 0.0730. The minimum atomic E-state index is -3.52. The third kappa shape index (κ3) is 4.80. The average molecular weight is 405 g/mol. The molecule has 2 amide bonds. The van der Waals surface area contributed by atoms with Crippen molar-refractivity contribution < 1.29 is 22.7 Å². The highest BCUT2D eigenvalue weighted by molar-refractivity contribution is 7.89. The highest BCUT2D eigenvalue weighted by Crippen LogP contribution is 2.23. The van der Waals surface area contributed by atoms with E-state index in [1.165, 1.54) is 11.4 Å². The molecule has 1 aliphatic heterocycles. The number of para-hydroxylation sites is 2. The molecule has 9 heteroatoms. The molecule has 0 aliphatic carbocycles. The van der Waals surface area contributed by atoms with Gasteiger partial charge in [-0.3, -0.25) is 0 Å². The Labute approximate surface area is 164 Å². The summed E-state index contributed by atoms with van der Waals surface area (Å²) in [5, 5.41) is 5.46. The van der Waals surface area contributed by atoms with Crippen LogP contribution in [0.5, 0.6) is 5.75 Å². The number of nitrogens with zero attached hydrogens (tertiary/aromatic N) is 1. The predicted molar refractivity (Wildman–Crippen MR) is 105 cm³/mol. The second-order valence-electron chi connectivity index (χ2n) is 6.17. The molecular weight excluding hydrogens is 382 g/mol. The van der Waals surface area contributed by atoms with Gasteiger partial charge < -0.3 is 20.1 Å². The van der Waals surface area contributed by atoms with Crippen LogP contribution in [-0.4, -0.2) is 52.2 Å². The summed E-state index contributed by atoms with van der Waals surface area (Å²) in [5.41, 5.74) is 1.35. The molecule has 2 aromatic rings. The van der Waals surface area contributed by atoms with E-state index in [2.05, 4.69) is 10.6 Å². The maximum atomic E-state index is 12.6. The van der Waals surface area contributed by atoms with E-state index in [0.29, 0.717) is 37.7 Å². The number of anilines is 1. The van der Waals surface area contributed by atoms with Gasteiger partial charge in [0, 0.05) is 19.6 Å². The Balaban J connectivity index is 1.57. The molecule has 0 spiro atoms. The smallest absolute Gasteiger partial charge is 0.319 e. The van der Waals surface area contributed by atoms with Crippen LogP contribution < -0.4 is 15.4 Å². The number of nitrogens with one attached hydrogen (secondary N) is 2. The van der Waals surface area contributed by atoms with Gasteiger partial charge in [0.15, 0.2) is 0 Å². The third-order valence-electron chi connectivity index (χ3n) is 4.34. The number of hydrogen-bond donors (Lipinski definition) is 2. The normalized spacial score (nSPS) is 15.0. The van der Waals surface area contributed by atoms with Gasteiger partial charge in [-0.2, -0.15) is 4.31 Å². The summed E-state index contributed by atoms with van der Waals surface area (Å²) >= 11 is 0. The Bertz CT molecular complexity index is 909. The molecule has 150 valence electrons. The number of rotatable bonds is 6. The zero-order valence-corrected chi connectivity index (χ0v) is 16.4. The topological polar surface area (TPSA) is 97.0 Å². The minimum Gasteiger partial charge on any atom is -0.495 e. The number of carbonyl (C=O) groups excluding carboxylic acids is 1. The summed E-state index contributed by atoms with van der Waals surface area (Å²) < 4.78 is 37.0. The third-order valence-corrected chi connectivity index (χ3v) is 6.25. The van der Waals surface area contributed by atoms with Crippen LogP contribution in [0.3, 0.4) is 0 Å². The summed E-state index contributed by atoms with van der Waals surface area (Å²) in [4.78, 5) is 12.3. The first kappa shape index (κ1) is 20.1. The van der Waals surface area contributed by atoms with Gasteiger partial charge in [0.25, 0.3) is 0 Å². The molecule has 0 atom stereocenters. The number of benzene rings is 2. The van der Waals surface area contributed by atoms with Gasteiger partial charge >= 0.3 is 6.03 Å². The van der Waals surface area contributed by atoms with E-state index in [0.717, 1.165) is 5.56 Å². The number of amides is 2. The zero-order chi connectivity index (χ0) is 20.0. The summed E-state index contributed by atoms with van der Waals surface area (Å²) in [6, 6.07) is 13.2. The summed E-state index contributed by atoms with van der Waals surface area (Å²) in [6.45, 7) is 1.79. The SMILES string of the molecule is COc1ccccc1NC(=O)NCc1ccc(S(=O)(=O)N2CCOCC2)cc1. The lowest BCUT2D eigenvalue weighted by atomic mass is 10.2. The van der Waals surface area contributed by atoms with Crippen LogP contribution in [0.1, 0.15) is 5.56 Å². The largest absolute Gasteiger partial charge is 0.495 e. The van der Waals surface area contributed by atoms with Crippen LogP contribution >= 0.6 is 0 Å². The molecule has 2 aromatic carbocycles. The van der Waals surface area contributed by atoms with Gasteiger partial charge in [-0.1, -0.05) is 24.3 Å². The monoisotopic (exact) mass is 405 g/mol. The molecular formula is C19H23N3O5S. The molecule has 0 radical (unpaired) electrons. The number of urea groups is 1. The van der Waals surface area contributed by atoms with E-state index in [9.17, 15) is 13.2 Å². The summed E-state index contributed by atoms with van der Waals surface area (Å²) in [5.74, 6) is 0.565. The molecule has 0 aromatic heterocycles. The first-order valence-electron chi connectivity index (χ1n) is 8.85. The van der Waals surface area contributed by atoms with Crippen LogP contribution in [0.4, 0.5) is 10.5 Å². The van der Waals surface area contributed by atoms with Crippen LogP contribution in [0, 0.1) is 0 Å². The second kappa shape index (κ2) is 9.05. The lowest BCUT2D eigenvalue weighted by Crippen LogP contribution is -2.40. The van der Waals surface area contributed by atoms with Crippen LogP contribution in [0.2, 0.25) is 0 Å². The van der Waals surface area contributed by atoms with Crippen LogP contribution in [0.15, 0.2) is 53.4 Å². The number of methoxy groups -OCH3 is 1. The first-order valence-corrected chi connectivity index (χ1v) is 10.3. The van der Waals surface area contributed by atoms with E-state index in [4.69, 9.17) is 9.47 Å². The average Bonchev–Trinajstić information content (AvgIpc) is 2.73. The molecule has 2 N–H and O–H groups in total. The molecule has 0 unspecified atom stereocenters. The lowest BCUT2D eigenvalue weighted by Gasteiger charge is -2.26. The number of ether oxygens (including phenoxy) is 2. The van der Waals surface area contributed by atoms with Gasteiger partial charge in [-0.15, -0.1) is 0 Å². The molecule has 1 fully saturated rings. The molecule has 8 nitrogen and oxygen atoms in total. The molecule has 1 saturated heterocycles. The van der Waals surface area contributed by atoms with Crippen molar-refractivity contribution in [1.82, 2.24) is 9.62 Å². The first-order chi connectivity index (χ1) is 13.5. The van der Waals surface area contributed by atoms with Crippen molar-refractivity contribution in [3.8, 4) is 5.75 Å². The number of carbonyl (C=O) groups is 1. The Morgan fingerprint density at radius 3 is 2.46 bits per heavy atom. The molecule has 3 rings (SSSR count). The van der Waals surface area contributed by atoms with E-state index >= 15 is 0 Å². The van der Waals surface area contributed by atoms with Crippen molar-refractivity contribution in [2.24, 2.45) is 0 Å². The minimum absolute atomic E-state index is 0.233. The van der Waals surface area contributed by atoms with Crippen molar-refractivity contribution >= 4 is 21.7 Å². The van der Waals surface area contributed by atoms with Crippen molar-refractivity contribution in [2.75, 3.05) is 38.7 Å². The summed E-state index contributed by atoms with van der Waals surface area (Å²) in [6.07, 6.45) is 0. The fourth-order valence-corrected chi connectivity index (χ4v) is 4.22. The van der Waals surface area contributed by atoms with Gasteiger partial charge in [0.2, 0.25) is 10.0 Å². The van der Waals surface area contributed by atoms with E-state index in [1.54, 1.807) is 42.5 Å². The van der Waals surface area contributed by atoms with Crippen molar-refractivity contribution in [3.05, 3.63) is 54.1 Å². The van der Waals surface area contributed by atoms with E-state index < -0.39 is 10.0 Å². The maximum absolute atomic E-state index is 12.6. The molecule has 1 heterocycles. The summed E-state index contributed by atoms with van der Waals surface area (Å²) in [7, 11) is -1.99. The second-order valence-corrected chi connectivity index (χ2v) is 8.11. The molecule has 0 bridgehead atoms. The maximum Gasteiger partial charge on any atom is 0.319 e. The Kier molecular flexibility index (Phi) is 6.50. The Morgan fingerprint density at radius 2 is 1.79 bits per heavy atom. The van der Waals surface area contributed by atoms with E-state index in [1.807, 2.05) is 6.07 Å². The van der Waals surface area contributed by atoms with Crippen molar-refractivity contribution in [3.63, 3.8) is 0 Å². The van der Waals surface area contributed by atoms with Crippen molar-refractivity contribution in [1.29, 1.82) is 0 Å². The quantitative estimate of drug-likeness (QED) is 0.767. The van der Waals surface area contributed by atoms with Crippen LogP contribution in [0.25, 0.3) is 0 Å². The van der Waals surface area contributed by atoms with Gasteiger partial charge in [-0.25, -0.2) is 13.2 Å². The van der Waals surface area contributed by atoms with Crippen LogP contribution in [-0.2, 0) is 21.3 Å². The number of hydrogen-bond acceptors (Lipinski definition) is 5. The van der Waals surface area contributed by atoms with Gasteiger partial charge in [0.1, 0.15) is 5.75 Å². The molecule has 0 saturated carbocycles. The standard InChI is InChI=1S/C19H23N3O5S/c1-26-18-5-3-2-4-17(18)21-19(23)20-14-15-6-8-16(9-7-15)28(24,25)22-10-12-27-13-11-22/h2-9H,10-14H2,1H3,(H2,20,21,23). The van der Waals surface area contributed by atoms with Gasteiger partial charge in [0.05, 0.1) is 30.9 Å². The number of morpholine rings is 1. The number of sulfonamides is 1. The zero-order valence-electron chi connectivity index (χ0n) is 15.6. The Hall–Kier alpha value is -2.62. The highest BCUT2D eigenvalue weighted by atomic mass is 32.2. The van der Waals surface area contributed by atoms with Gasteiger partial charge in [-0.05, 0) is 29.8 Å². The van der Waals surface area contributed by atoms with E-state index in [-0.39, 0.29) is 17.5 Å². The van der Waals surface area contributed by atoms with Crippen molar-refractivity contribution in [2.45, 2.75) is 11.4 Å². The molecule has 1 aliphatic rings. The predicted octanol–water partition coefficient (Wildman–Crippen LogP) is 2.04. The molecule has 28 heavy (non-hydrogen) atoms. The Morgan fingerprint density at radius 1 is 1.11 bits per heavy atom.